The second-order valence-electron chi connectivity index (χ2n) is 7.28. The first-order valence-corrected chi connectivity index (χ1v) is 10.9. The standard InChI is InChI=1S/C23H22F2N2O2S/c24-16-8-5-9-17(25)23(16)19-14-26-22(29-19)13-12-21(28)27-18-10-3-4-11-20(18)30-15-6-1-2-7-15/h3-5,8-11,14-15H,1-2,6-7,12-13H2,(H,27,28). The number of halogens is 2. The van der Waals surface area contributed by atoms with Crippen LogP contribution in [0.5, 0.6) is 0 Å². The lowest BCUT2D eigenvalue weighted by molar-refractivity contribution is -0.116. The van der Waals surface area contributed by atoms with E-state index in [4.69, 9.17) is 4.42 Å². The highest BCUT2D eigenvalue weighted by atomic mass is 32.2. The van der Waals surface area contributed by atoms with E-state index in [9.17, 15) is 13.6 Å². The molecule has 0 atom stereocenters. The molecule has 1 aliphatic carbocycles. The van der Waals surface area contributed by atoms with Gasteiger partial charge in [0.1, 0.15) is 11.6 Å². The average Bonchev–Trinajstić information content (AvgIpc) is 3.40. The van der Waals surface area contributed by atoms with Crippen molar-refractivity contribution in [3.63, 3.8) is 0 Å². The lowest BCUT2D eigenvalue weighted by atomic mass is 10.1. The van der Waals surface area contributed by atoms with Crippen molar-refractivity contribution in [1.82, 2.24) is 4.98 Å². The predicted molar refractivity (Wildman–Crippen MR) is 113 cm³/mol. The van der Waals surface area contributed by atoms with E-state index in [0.29, 0.717) is 5.25 Å². The maximum atomic E-state index is 13.9. The summed E-state index contributed by atoms with van der Waals surface area (Å²) in [7, 11) is 0. The number of para-hydroxylation sites is 1. The van der Waals surface area contributed by atoms with Crippen LogP contribution in [0.1, 0.15) is 38.0 Å². The van der Waals surface area contributed by atoms with Crippen LogP contribution in [0.3, 0.4) is 0 Å². The third-order valence-electron chi connectivity index (χ3n) is 5.09. The molecular formula is C23H22F2N2O2S. The molecule has 1 heterocycles. The lowest BCUT2D eigenvalue weighted by Crippen LogP contribution is -2.13. The van der Waals surface area contributed by atoms with Crippen LogP contribution in [0.15, 0.2) is 58.0 Å². The molecule has 0 unspecified atom stereocenters. The van der Waals surface area contributed by atoms with Crippen molar-refractivity contribution in [2.24, 2.45) is 0 Å². The van der Waals surface area contributed by atoms with Crippen molar-refractivity contribution in [1.29, 1.82) is 0 Å². The molecule has 3 aromatic rings. The highest BCUT2D eigenvalue weighted by Gasteiger charge is 2.19. The van der Waals surface area contributed by atoms with E-state index in [0.717, 1.165) is 22.7 Å². The Balaban J connectivity index is 1.36. The Hall–Kier alpha value is -2.67. The third kappa shape index (κ3) is 4.90. The van der Waals surface area contributed by atoms with Gasteiger partial charge in [-0.3, -0.25) is 4.79 Å². The van der Waals surface area contributed by atoms with Gasteiger partial charge < -0.3 is 9.73 Å². The zero-order valence-electron chi connectivity index (χ0n) is 16.4. The highest BCUT2D eigenvalue weighted by Crippen LogP contribution is 2.38. The molecule has 4 nitrogen and oxygen atoms in total. The van der Waals surface area contributed by atoms with Gasteiger partial charge in [-0.2, -0.15) is 0 Å². The summed E-state index contributed by atoms with van der Waals surface area (Å²) in [5.41, 5.74) is 0.555. The van der Waals surface area contributed by atoms with Gasteiger partial charge in [0.15, 0.2) is 11.7 Å². The van der Waals surface area contributed by atoms with Crippen LogP contribution >= 0.6 is 11.8 Å². The zero-order valence-corrected chi connectivity index (χ0v) is 17.2. The Morgan fingerprint density at radius 3 is 2.60 bits per heavy atom. The molecule has 0 aliphatic heterocycles. The molecule has 1 amide bonds. The quantitative estimate of drug-likeness (QED) is 0.485. The summed E-state index contributed by atoms with van der Waals surface area (Å²) in [6.45, 7) is 0. The van der Waals surface area contributed by atoms with Crippen LogP contribution in [0, 0.1) is 11.6 Å². The fourth-order valence-corrected chi connectivity index (χ4v) is 4.90. The van der Waals surface area contributed by atoms with Gasteiger partial charge in [-0.15, -0.1) is 11.8 Å². The minimum Gasteiger partial charge on any atom is -0.441 e. The summed E-state index contributed by atoms with van der Waals surface area (Å²) in [5.74, 6) is -1.32. The van der Waals surface area contributed by atoms with E-state index >= 15 is 0 Å². The summed E-state index contributed by atoms with van der Waals surface area (Å²) >= 11 is 1.82. The Bertz CT molecular complexity index is 1010. The van der Waals surface area contributed by atoms with Gasteiger partial charge in [0, 0.05) is 23.0 Å². The first-order chi connectivity index (χ1) is 14.6. The van der Waals surface area contributed by atoms with Gasteiger partial charge in [0.05, 0.1) is 17.4 Å². The van der Waals surface area contributed by atoms with E-state index in [1.807, 2.05) is 36.0 Å². The number of rotatable bonds is 7. The smallest absolute Gasteiger partial charge is 0.224 e. The predicted octanol–water partition coefficient (Wildman–Crippen LogP) is 6.23. The first kappa shape index (κ1) is 20.6. The van der Waals surface area contributed by atoms with Crippen LogP contribution in [-0.2, 0) is 11.2 Å². The van der Waals surface area contributed by atoms with E-state index in [1.165, 1.54) is 37.9 Å². The fourth-order valence-electron chi connectivity index (χ4n) is 3.57. The maximum Gasteiger partial charge on any atom is 0.224 e. The minimum absolute atomic E-state index is 0.0133. The molecule has 1 aromatic heterocycles. The summed E-state index contributed by atoms with van der Waals surface area (Å²) in [4.78, 5) is 17.6. The largest absolute Gasteiger partial charge is 0.441 e. The molecule has 30 heavy (non-hydrogen) atoms. The first-order valence-electron chi connectivity index (χ1n) is 10.0. The molecule has 7 heteroatoms. The van der Waals surface area contributed by atoms with Crippen molar-refractivity contribution < 1.29 is 18.0 Å². The molecule has 1 saturated carbocycles. The van der Waals surface area contributed by atoms with Crippen LogP contribution < -0.4 is 5.32 Å². The number of carbonyl (C=O) groups excluding carboxylic acids is 1. The van der Waals surface area contributed by atoms with Crippen LogP contribution in [0.2, 0.25) is 0 Å². The zero-order chi connectivity index (χ0) is 20.9. The number of amides is 1. The number of nitrogens with one attached hydrogen (secondary N) is 1. The van der Waals surface area contributed by atoms with Crippen molar-refractivity contribution in [3.8, 4) is 11.3 Å². The van der Waals surface area contributed by atoms with Gasteiger partial charge in [-0.05, 0) is 37.1 Å². The Morgan fingerprint density at radius 2 is 1.83 bits per heavy atom. The van der Waals surface area contributed by atoms with Gasteiger partial charge in [-0.1, -0.05) is 31.0 Å². The molecule has 0 saturated heterocycles. The van der Waals surface area contributed by atoms with Gasteiger partial charge in [-0.25, -0.2) is 13.8 Å². The fraction of sp³-hybridized carbons (Fsp3) is 0.304. The van der Waals surface area contributed by atoms with Crippen molar-refractivity contribution in [2.45, 2.75) is 48.7 Å². The molecule has 0 bridgehead atoms. The summed E-state index contributed by atoms with van der Waals surface area (Å²) in [6.07, 6.45) is 6.62. The van der Waals surface area contributed by atoms with Crippen LogP contribution in [0.25, 0.3) is 11.3 Å². The lowest BCUT2D eigenvalue weighted by Gasteiger charge is -2.14. The Labute approximate surface area is 178 Å². The van der Waals surface area contributed by atoms with E-state index in [-0.39, 0.29) is 36.0 Å². The number of aromatic nitrogens is 1. The van der Waals surface area contributed by atoms with Gasteiger partial charge >= 0.3 is 0 Å². The molecule has 2 aromatic carbocycles. The molecular weight excluding hydrogens is 406 g/mol. The van der Waals surface area contributed by atoms with Gasteiger partial charge in [0.2, 0.25) is 5.91 Å². The molecule has 0 radical (unpaired) electrons. The summed E-state index contributed by atoms with van der Waals surface area (Å²) in [5, 5.41) is 3.57. The molecule has 1 N–H and O–H groups in total. The number of aryl methyl sites for hydroxylation is 1. The number of carbonyl (C=O) groups is 1. The topological polar surface area (TPSA) is 55.1 Å². The number of oxazole rings is 1. The molecule has 1 aliphatic rings. The number of hydrogen-bond donors (Lipinski definition) is 1. The molecule has 156 valence electrons. The Kier molecular flexibility index (Phi) is 6.47. The third-order valence-corrected chi connectivity index (χ3v) is 6.50. The molecule has 1 fully saturated rings. The second-order valence-corrected chi connectivity index (χ2v) is 8.63. The number of benzene rings is 2. The average molecular weight is 429 g/mol. The normalized spacial score (nSPS) is 14.2. The van der Waals surface area contributed by atoms with Crippen LogP contribution in [-0.4, -0.2) is 16.1 Å². The number of anilines is 1. The Morgan fingerprint density at radius 1 is 1.10 bits per heavy atom. The van der Waals surface area contributed by atoms with E-state index in [2.05, 4.69) is 10.3 Å². The molecule has 0 spiro atoms. The van der Waals surface area contributed by atoms with Crippen molar-refractivity contribution in [2.75, 3.05) is 5.32 Å². The molecule has 4 rings (SSSR count). The second kappa shape index (κ2) is 9.43. The van der Waals surface area contributed by atoms with E-state index in [1.54, 1.807) is 0 Å². The highest BCUT2D eigenvalue weighted by molar-refractivity contribution is 8.00. The minimum atomic E-state index is -0.716. The van der Waals surface area contributed by atoms with Crippen molar-refractivity contribution in [3.05, 3.63) is 66.2 Å². The van der Waals surface area contributed by atoms with Crippen LogP contribution in [0.4, 0.5) is 14.5 Å². The monoisotopic (exact) mass is 428 g/mol. The number of nitrogens with zero attached hydrogens (tertiary/aromatic N) is 1. The summed E-state index contributed by atoms with van der Waals surface area (Å²) in [6, 6.07) is 11.4. The SMILES string of the molecule is O=C(CCc1ncc(-c2c(F)cccc2F)o1)Nc1ccccc1SC1CCCC1. The van der Waals surface area contributed by atoms with E-state index < -0.39 is 11.6 Å². The maximum absolute atomic E-state index is 13.9. The summed E-state index contributed by atoms with van der Waals surface area (Å²) < 4.78 is 33.3. The number of hydrogen-bond acceptors (Lipinski definition) is 4. The number of thioether (sulfide) groups is 1. The van der Waals surface area contributed by atoms with Gasteiger partial charge in [0.25, 0.3) is 0 Å². The van der Waals surface area contributed by atoms with Crippen molar-refractivity contribution >= 4 is 23.4 Å².